The van der Waals surface area contributed by atoms with Gasteiger partial charge in [0.25, 0.3) is 5.91 Å². The summed E-state index contributed by atoms with van der Waals surface area (Å²) in [4.78, 5) is 23.4. The number of amides is 1. The van der Waals surface area contributed by atoms with Gasteiger partial charge in [-0.25, -0.2) is 4.79 Å². The summed E-state index contributed by atoms with van der Waals surface area (Å²) in [7, 11) is 0. The first kappa shape index (κ1) is 13.2. The number of carbonyl (C=O) groups excluding carboxylic acids is 2. The van der Waals surface area contributed by atoms with Gasteiger partial charge in [0, 0.05) is 5.56 Å². The monoisotopic (exact) mass is 265 g/mol. The quantitative estimate of drug-likeness (QED) is 0.825. The second-order valence-electron chi connectivity index (χ2n) is 4.02. The lowest BCUT2D eigenvalue weighted by molar-refractivity contribution is -0.144. The van der Waals surface area contributed by atoms with Crippen LogP contribution in [0.25, 0.3) is 0 Å². The number of rotatable bonds is 4. The summed E-state index contributed by atoms with van der Waals surface area (Å²) in [6, 6.07) is 4.15. The summed E-state index contributed by atoms with van der Waals surface area (Å²) in [5.41, 5.74) is 0.403. The van der Waals surface area contributed by atoms with Crippen LogP contribution in [0.2, 0.25) is 0 Å². The van der Waals surface area contributed by atoms with Gasteiger partial charge in [0.1, 0.15) is 6.04 Å². The van der Waals surface area contributed by atoms with E-state index in [4.69, 9.17) is 14.2 Å². The summed E-state index contributed by atoms with van der Waals surface area (Å²) in [6.07, 6.45) is 0. The Morgan fingerprint density at radius 2 is 2.11 bits per heavy atom. The van der Waals surface area contributed by atoms with E-state index in [2.05, 4.69) is 5.32 Å². The topological polar surface area (TPSA) is 73.9 Å². The fraction of sp³-hybridized carbons (Fsp3) is 0.385. The van der Waals surface area contributed by atoms with Crippen LogP contribution in [0.3, 0.4) is 0 Å². The van der Waals surface area contributed by atoms with Crippen LogP contribution in [0.4, 0.5) is 0 Å². The molecule has 0 saturated heterocycles. The number of esters is 1. The Bertz CT molecular complexity index is 500. The van der Waals surface area contributed by atoms with Crippen molar-refractivity contribution in [2.75, 3.05) is 13.4 Å². The predicted octanol–water partition coefficient (Wildman–Crippen LogP) is 1.10. The van der Waals surface area contributed by atoms with Crippen LogP contribution in [0, 0.1) is 0 Å². The first-order chi connectivity index (χ1) is 9.11. The molecule has 0 bridgehead atoms. The molecule has 102 valence electrons. The van der Waals surface area contributed by atoms with Crippen molar-refractivity contribution in [3.8, 4) is 11.5 Å². The van der Waals surface area contributed by atoms with Gasteiger partial charge in [-0.3, -0.25) is 4.79 Å². The smallest absolute Gasteiger partial charge is 0.328 e. The van der Waals surface area contributed by atoms with Gasteiger partial charge in [0.05, 0.1) is 6.61 Å². The first-order valence-corrected chi connectivity index (χ1v) is 5.99. The van der Waals surface area contributed by atoms with Crippen molar-refractivity contribution in [3.63, 3.8) is 0 Å². The number of ether oxygens (including phenoxy) is 3. The summed E-state index contributed by atoms with van der Waals surface area (Å²) in [6.45, 7) is 3.72. The van der Waals surface area contributed by atoms with E-state index < -0.39 is 12.0 Å². The zero-order chi connectivity index (χ0) is 13.8. The Balaban J connectivity index is 2.02. The molecule has 0 radical (unpaired) electrons. The molecular formula is C13H15NO5. The highest BCUT2D eigenvalue weighted by Gasteiger charge is 2.20. The highest BCUT2D eigenvalue weighted by Crippen LogP contribution is 2.32. The van der Waals surface area contributed by atoms with Crippen LogP contribution in [-0.4, -0.2) is 31.3 Å². The van der Waals surface area contributed by atoms with Crippen LogP contribution < -0.4 is 14.8 Å². The molecular weight excluding hydrogens is 250 g/mol. The van der Waals surface area contributed by atoms with Crippen molar-refractivity contribution in [1.82, 2.24) is 5.32 Å². The minimum atomic E-state index is -0.696. The van der Waals surface area contributed by atoms with E-state index in [1.54, 1.807) is 32.0 Å². The maximum absolute atomic E-state index is 11.9. The van der Waals surface area contributed by atoms with Crippen molar-refractivity contribution in [3.05, 3.63) is 23.8 Å². The third kappa shape index (κ3) is 2.96. The maximum Gasteiger partial charge on any atom is 0.328 e. The van der Waals surface area contributed by atoms with Gasteiger partial charge in [0.15, 0.2) is 11.5 Å². The first-order valence-electron chi connectivity index (χ1n) is 5.99. The third-order valence-electron chi connectivity index (χ3n) is 2.62. The number of hydrogen-bond donors (Lipinski definition) is 1. The summed E-state index contributed by atoms with van der Waals surface area (Å²) >= 11 is 0. The normalized spacial score (nSPS) is 13.8. The predicted molar refractivity (Wildman–Crippen MR) is 66.1 cm³/mol. The lowest BCUT2D eigenvalue weighted by Crippen LogP contribution is -2.39. The molecule has 1 aliphatic heterocycles. The molecule has 19 heavy (non-hydrogen) atoms. The molecule has 6 heteroatoms. The van der Waals surface area contributed by atoms with Crippen LogP contribution in [0.1, 0.15) is 24.2 Å². The van der Waals surface area contributed by atoms with Gasteiger partial charge in [-0.1, -0.05) is 0 Å². The Hall–Kier alpha value is -2.24. The van der Waals surface area contributed by atoms with Crippen LogP contribution in [-0.2, 0) is 9.53 Å². The molecule has 1 unspecified atom stereocenters. The van der Waals surface area contributed by atoms with Crippen LogP contribution in [0.5, 0.6) is 11.5 Å². The second kappa shape index (κ2) is 5.60. The van der Waals surface area contributed by atoms with Crippen molar-refractivity contribution in [1.29, 1.82) is 0 Å². The summed E-state index contributed by atoms with van der Waals surface area (Å²) in [5, 5.41) is 2.56. The SMILES string of the molecule is CCOC(=O)C(C)NC(=O)c1ccc2c(c1)OCO2. The number of benzene rings is 1. The minimum Gasteiger partial charge on any atom is -0.464 e. The Labute approximate surface area is 110 Å². The average molecular weight is 265 g/mol. The summed E-state index contributed by atoms with van der Waals surface area (Å²) < 4.78 is 15.2. The van der Waals surface area contributed by atoms with Gasteiger partial charge in [-0.2, -0.15) is 0 Å². The minimum absolute atomic E-state index is 0.152. The number of fused-ring (bicyclic) bond motifs is 1. The highest BCUT2D eigenvalue weighted by molar-refractivity contribution is 5.97. The van der Waals surface area contributed by atoms with E-state index >= 15 is 0 Å². The van der Waals surface area contributed by atoms with Crippen molar-refractivity contribution in [2.24, 2.45) is 0 Å². The standard InChI is InChI=1S/C13H15NO5/c1-3-17-13(16)8(2)14-12(15)9-4-5-10-11(6-9)19-7-18-10/h4-6,8H,3,7H2,1-2H3,(H,14,15). The molecule has 6 nitrogen and oxygen atoms in total. The molecule has 1 aliphatic rings. The molecule has 0 aromatic heterocycles. The average Bonchev–Trinajstić information content (AvgIpc) is 2.85. The van der Waals surface area contributed by atoms with E-state index in [9.17, 15) is 9.59 Å². The second-order valence-corrected chi connectivity index (χ2v) is 4.02. The molecule has 1 N–H and O–H groups in total. The number of carbonyl (C=O) groups is 2. The Morgan fingerprint density at radius 1 is 1.37 bits per heavy atom. The molecule has 1 amide bonds. The molecule has 0 aliphatic carbocycles. The number of nitrogens with one attached hydrogen (secondary N) is 1. The molecule has 1 atom stereocenters. The maximum atomic E-state index is 11.9. The van der Waals surface area contributed by atoms with Gasteiger partial charge in [-0.15, -0.1) is 0 Å². The Kier molecular flexibility index (Phi) is 3.89. The Morgan fingerprint density at radius 3 is 2.84 bits per heavy atom. The zero-order valence-electron chi connectivity index (χ0n) is 10.8. The van der Waals surface area contributed by atoms with Crippen molar-refractivity contribution < 1.29 is 23.8 Å². The molecule has 1 heterocycles. The van der Waals surface area contributed by atoms with E-state index in [0.717, 1.165) is 0 Å². The summed E-state index contributed by atoms with van der Waals surface area (Å²) in [5.74, 6) is 0.307. The van der Waals surface area contributed by atoms with Gasteiger partial charge in [-0.05, 0) is 32.0 Å². The zero-order valence-corrected chi connectivity index (χ0v) is 10.8. The molecule has 1 aromatic carbocycles. The lowest BCUT2D eigenvalue weighted by atomic mass is 10.2. The van der Waals surface area contributed by atoms with Crippen LogP contribution >= 0.6 is 0 Å². The third-order valence-corrected chi connectivity index (χ3v) is 2.62. The molecule has 0 spiro atoms. The van der Waals surface area contributed by atoms with Crippen molar-refractivity contribution in [2.45, 2.75) is 19.9 Å². The highest BCUT2D eigenvalue weighted by atomic mass is 16.7. The van der Waals surface area contributed by atoms with Crippen LogP contribution in [0.15, 0.2) is 18.2 Å². The fourth-order valence-electron chi connectivity index (χ4n) is 1.64. The molecule has 0 saturated carbocycles. The molecule has 0 fully saturated rings. The largest absolute Gasteiger partial charge is 0.464 e. The molecule has 2 rings (SSSR count). The van der Waals surface area contributed by atoms with Crippen molar-refractivity contribution >= 4 is 11.9 Å². The van der Waals surface area contributed by atoms with E-state index in [1.165, 1.54) is 0 Å². The van der Waals surface area contributed by atoms with E-state index in [1.807, 2.05) is 0 Å². The van der Waals surface area contributed by atoms with E-state index in [0.29, 0.717) is 17.1 Å². The van der Waals surface area contributed by atoms with Gasteiger partial charge in [0.2, 0.25) is 6.79 Å². The lowest BCUT2D eigenvalue weighted by Gasteiger charge is -2.12. The van der Waals surface area contributed by atoms with E-state index in [-0.39, 0.29) is 19.3 Å². The molecule has 1 aromatic rings. The number of hydrogen-bond acceptors (Lipinski definition) is 5. The fourth-order valence-corrected chi connectivity index (χ4v) is 1.64. The van der Waals surface area contributed by atoms with Gasteiger partial charge >= 0.3 is 5.97 Å². The van der Waals surface area contributed by atoms with Gasteiger partial charge < -0.3 is 19.5 Å².